The van der Waals surface area contributed by atoms with Crippen molar-refractivity contribution in [2.24, 2.45) is 5.10 Å². The Morgan fingerprint density at radius 2 is 2.33 bits per heavy atom. The Kier molecular flexibility index (Phi) is 6.56. The van der Waals surface area contributed by atoms with Gasteiger partial charge in [0.15, 0.2) is 0 Å². The van der Waals surface area contributed by atoms with Gasteiger partial charge >= 0.3 is 11.9 Å². The third kappa shape index (κ3) is 4.95. The number of hydrogen-bond acceptors (Lipinski definition) is 6. The highest BCUT2D eigenvalue weighted by atomic mass is 79.9. The van der Waals surface area contributed by atoms with Gasteiger partial charge < -0.3 is 13.9 Å². The summed E-state index contributed by atoms with van der Waals surface area (Å²) in [4.78, 5) is 15.7. The average molecular weight is 394 g/mol. The van der Waals surface area contributed by atoms with Crippen molar-refractivity contribution in [2.45, 2.75) is 6.92 Å². The summed E-state index contributed by atoms with van der Waals surface area (Å²) < 4.78 is 16.5. The van der Waals surface area contributed by atoms with Gasteiger partial charge in [-0.2, -0.15) is 5.10 Å². The van der Waals surface area contributed by atoms with Crippen LogP contribution in [0.1, 0.15) is 23.2 Å². The minimum absolute atomic E-state index is 0.127. The Morgan fingerprint density at radius 1 is 1.50 bits per heavy atom. The number of benzene rings is 1. The highest BCUT2D eigenvalue weighted by molar-refractivity contribution is 9.10. The maximum atomic E-state index is 11.9. The molecular formula is C16H16BrN3O4. The number of halogens is 1. The minimum atomic E-state index is -0.576. The average Bonchev–Trinajstić information content (AvgIpc) is 3.04. The fraction of sp³-hybridized carbons (Fsp3) is 0.188. The topological polar surface area (TPSA) is 86.0 Å². The van der Waals surface area contributed by atoms with Gasteiger partial charge in [-0.25, -0.2) is 10.4 Å². The zero-order chi connectivity index (χ0) is 17.4. The SMILES string of the molecule is C=CCOc1ccc(Br)c(/C=N/NC(=O)c2ncc(OCC)o2)c1. The summed E-state index contributed by atoms with van der Waals surface area (Å²) in [6.45, 7) is 6.23. The van der Waals surface area contributed by atoms with Crippen molar-refractivity contribution < 1.29 is 18.7 Å². The summed E-state index contributed by atoms with van der Waals surface area (Å²) in [5.74, 6) is 0.145. The first-order valence-electron chi connectivity index (χ1n) is 7.09. The Hall–Kier alpha value is -2.61. The molecule has 1 aromatic carbocycles. The standard InChI is InChI=1S/C16H16BrN3O4/c1-3-7-23-12-5-6-13(17)11(8-12)9-19-20-15(21)16-18-10-14(24-16)22-4-2/h3,5-6,8-10H,1,4,7H2,2H3,(H,20,21)/b19-9+. The molecule has 8 heteroatoms. The molecule has 1 heterocycles. The monoisotopic (exact) mass is 393 g/mol. The van der Waals surface area contributed by atoms with Crippen LogP contribution < -0.4 is 14.9 Å². The van der Waals surface area contributed by atoms with Crippen LogP contribution in [0.25, 0.3) is 0 Å². The molecular weight excluding hydrogens is 378 g/mol. The van der Waals surface area contributed by atoms with E-state index in [1.165, 1.54) is 12.4 Å². The van der Waals surface area contributed by atoms with Gasteiger partial charge in [0.05, 0.1) is 12.8 Å². The second-order valence-corrected chi connectivity index (χ2v) is 5.25. The molecule has 0 bridgehead atoms. The van der Waals surface area contributed by atoms with E-state index in [0.717, 1.165) is 10.0 Å². The normalized spacial score (nSPS) is 10.6. The van der Waals surface area contributed by atoms with Crippen LogP contribution in [0.5, 0.6) is 11.7 Å². The molecule has 126 valence electrons. The summed E-state index contributed by atoms with van der Waals surface area (Å²) in [6, 6.07) is 5.41. The first kappa shape index (κ1) is 17.7. The van der Waals surface area contributed by atoms with E-state index in [1.54, 1.807) is 19.1 Å². The lowest BCUT2D eigenvalue weighted by Gasteiger charge is -2.05. The van der Waals surface area contributed by atoms with E-state index in [1.807, 2.05) is 12.1 Å². The van der Waals surface area contributed by atoms with Crippen LogP contribution in [-0.4, -0.2) is 30.3 Å². The van der Waals surface area contributed by atoms with E-state index < -0.39 is 5.91 Å². The Bertz CT molecular complexity index is 743. The van der Waals surface area contributed by atoms with Crippen molar-refractivity contribution >= 4 is 28.1 Å². The van der Waals surface area contributed by atoms with Crippen LogP contribution in [0, 0.1) is 0 Å². The van der Waals surface area contributed by atoms with Gasteiger partial charge in [0, 0.05) is 10.0 Å². The van der Waals surface area contributed by atoms with Gasteiger partial charge in [0.25, 0.3) is 5.89 Å². The van der Waals surface area contributed by atoms with Gasteiger partial charge in [-0.1, -0.05) is 28.6 Å². The van der Waals surface area contributed by atoms with Crippen molar-refractivity contribution in [1.82, 2.24) is 10.4 Å². The summed E-state index contributed by atoms with van der Waals surface area (Å²) >= 11 is 3.40. The number of oxazole rings is 1. The third-order valence-corrected chi connectivity index (χ3v) is 3.39. The highest BCUT2D eigenvalue weighted by Crippen LogP contribution is 2.21. The third-order valence-electron chi connectivity index (χ3n) is 2.67. The maximum absolute atomic E-state index is 11.9. The molecule has 1 amide bonds. The molecule has 0 aliphatic carbocycles. The quantitative estimate of drug-likeness (QED) is 0.422. The summed E-state index contributed by atoms with van der Waals surface area (Å²) in [6.07, 6.45) is 4.47. The van der Waals surface area contributed by atoms with E-state index in [4.69, 9.17) is 13.9 Å². The summed E-state index contributed by atoms with van der Waals surface area (Å²) in [5, 5.41) is 3.88. The van der Waals surface area contributed by atoms with E-state index in [-0.39, 0.29) is 11.8 Å². The van der Waals surface area contributed by atoms with Crippen LogP contribution in [0.4, 0.5) is 0 Å². The van der Waals surface area contributed by atoms with E-state index in [0.29, 0.717) is 19.0 Å². The molecule has 0 unspecified atom stereocenters. The number of hydrazone groups is 1. The fourth-order valence-electron chi connectivity index (χ4n) is 1.65. The number of amides is 1. The Labute approximate surface area is 147 Å². The van der Waals surface area contributed by atoms with E-state index in [9.17, 15) is 4.79 Å². The van der Waals surface area contributed by atoms with E-state index >= 15 is 0 Å². The van der Waals surface area contributed by atoms with Gasteiger partial charge in [-0.3, -0.25) is 4.79 Å². The van der Waals surface area contributed by atoms with Gasteiger partial charge in [0.2, 0.25) is 0 Å². The first-order valence-corrected chi connectivity index (χ1v) is 7.88. The fourth-order valence-corrected chi connectivity index (χ4v) is 2.00. The molecule has 7 nitrogen and oxygen atoms in total. The molecule has 0 radical (unpaired) electrons. The van der Waals surface area contributed by atoms with Crippen LogP contribution in [0.15, 0.2) is 51.0 Å². The molecule has 0 spiro atoms. The molecule has 0 saturated carbocycles. The molecule has 2 aromatic rings. The molecule has 0 aliphatic heterocycles. The maximum Gasteiger partial charge on any atom is 0.327 e. The first-order chi connectivity index (χ1) is 11.6. The molecule has 0 saturated heterocycles. The van der Waals surface area contributed by atoms with Crippen LogP contribution in [0.2, 0.25) is 0 Å². The number of carbonyl (C=O) groups excluding carboxylic acids is 1. The molecule has 0 atom stereocenters. The van der Waals surface area contributed by atoms with Crippen molar-refractivity contribution in [3.8, 4) is 11.7 Å². The number of nitrogens with zero attached hydrogens (tertiary/aromatic N) is 2. The van der Waals surface area contributed by atoms with Crippen molar-refractivity contribution in [1.29, 1.82) is 0 Å². The van der Waals surface area contributed by atoms with Crippen molar-refractivity contribution in [3.63, 3.8) is 0 Å². The number of nitrogens with one attached hydrogen (secondary N) is 1. The Balaban J connectivity index is 1.99. The number of ether oxygens (including phenoxy) is 2. The molecule has 2 rings (SSSR count). The second kappa shape index (κ2) is 8.88. The number of aromatic nitrogens is 1. The molecule has 0 aliphatic rings. The van der Waals surface area contributed by atoms with Crippen LogP contribution in [-0.2, 0) is 0 Å². The van der Waals surface area contributed by atoms with E-state index in [2.05, 4.69) is 38.0 Å². The lowest BCUT2D eigenvalue weighted by atomic mass is 10.2. The molecule has 0 fully saturated rings. The lowest BCUT2D eigenvalue weighted by molar-refractivity contribution is 0.0912. The summed E-state index contributed by atoms with van der Waals surface area (Å²) in [5.41, 5.74) is 3.07. The zero-order valence-corrected chi connectivity index (χ0v) is 14.6. The van der Waals surface area contributed by atoms with Crippen LogP contribution >= 0.6 is 15.9 Å². The number of hydrogen-bond donors (Lipinski definition) is 1. The highest BCUT2D eigenvalue weighted by Gasteiger charge is 2.12. The van der Waals surface area contributed by atoms with Crippen molar-refractivity contribution in [3.05, 3.63) is 53.0 Å². The van der Waals surface area contributed by atoms with Gasteiger partial charge in [-0.05, 0) is 25.1 Å². The largest absolute Gasteiger partial charge is 0.490 e. The smallest absolute Gasteiger partial charge is 0.327 e. The predicted octanol–water partition coefficient (Wildman–Crippen LogP) is 3.16. The predicted molar refractivity (Wildman–Crippen MR) is 92.6 cm³/mol. The number of rotatable bonds is 8. The molecule has 1 N–H and O–H groups in total. The van der Waals surface area contributed by atoms with Crippen molar-refractivity contribution in [2.75, 3.05) is 13.2 Å². The van der Waals surface area contributed by atoms with Gasteiger partial charge in [-0.15, -0.1) is 0 Å². The molecule has 24 heavy (non-hydrogen) atoms. The summed E-state index contributed by atoms with van der Waals surface area (Å²) in [7, 11) is 0. The van der Waals surface area contributed by atoms with Crippen LogP contribution in [0.3, 0.4) is 0 Å². The zero-order valence-electron chi connectivity index (χ0n) is 13.0. The second-order valence-electron chi connectivity index (χ2n) is 4.40. The Morgan fingerprint density at radius 3 is 3.08 bits per heavy atom. The minimum Gasteiger partial charge on any atom is -0.490 e. The molecule has 1 aromatic heterocycles. The number of carbonyl (C=O) groups is 1. The lowest BCUT2D eigenvalue weighted by Crippen LogP contribution is -2.17. The van der Waals surface area contributed by atoms with Gasteiger partial charge in [0.1, 0.15) is 18.6 Å².